The normalized spacial score (nSPS) is 10.7. The Hall–Kier alpha value is -2.91. The molecule has 1 heterocycles. The summed E-state index contributed by atoms with van der Waals surface area (Å²) in [4.78, 5) is 25.0. The SMILES string of the molecule is C=CCn1c(CNC(=O)c2cccc(C)c2)nnc1SCC(=O)Nc1cc(C)c(C)cc1Br. The highest BCUT2D eigenvalue weighted by Gasteiger charge is 2.15. The van der Waals surface area contributed by atoms with E-state index in [0.717, 1.165) is 26.9 Å². The maximum Gasteiger partial charge on any atom is 0.251 e. The zero-order chi connectivity index (χ0) is 24.0. The molecular weight excluding hydrogens is 502 g/mol. The van der Waals surface area contributed by atoms with Crippen LogP contribution < -0.4 is 10.6 Å². The molecule has 172 valence electrons. The molecule has 3 aromatic rings. The number of nitrogens with zero attached hydrogens (tertiary/aromatic N) is 3. The molecule has 0 atom stereocenters. The van der Waals surface area contributed by atoms with Gasteiger partial charge in [-0.15, -0.1) is 16.8 Å². The van der Waals surface area contributed by atoms with Gasteiger partial charge in [-0.2, -0.15) is 0 Å². The van der Waals surface area contributed by atoms with Gasteiger partial charge in [-0.25, -0.2) is 0 Å². The van der Waals surface area contributed by atoms with Crippen LogP contribution in [-0.2, 0) is 17.9 Å². The molecule has 0 spiro atoms. The van der Waals surface area contributed by atoms with E-state index >= 15 is 0 Å². The fourth-order valence-electron chi connectivity index (χ4n) is 3.11. The molecule has 0 aliphatic carbocycles. The van der Waals surface area contributed by atoms with E-state index in [0.29, 0.717) is 23.1 Å². The average Bonchev–Trinajstić information content (AvgIpc) is 3.16. The third-order valence-corrected chi connectivity index (χ3v) is 6.61. The topological polar surface area (TPSA) is 88.9 Å². The number of benzene rings is 2. The first-order valence-corrected chi connectivity index (χ1v) is 12.1. The minimum absolute atomic E-state index is 0.147. The van der Waals surface area contributed by atoms with Gasteiger partial charge in [0.15, 0.2) is 11.0 Å². The van der Waals surface area contributed by atoms with Crippen LogP contribution in [0.15, 0.2) is 58.7 Å². The molecule has 0 radical (unpaired) electrons. The Morgan fingerprint density at radius 2 is 1.91 bits per heavy atom. The van der Waals surface area contributed by atoms with Gasteiger partial charge < -0.3 is 15.2 Å². The van der Waals surface area contributed by atoms with Gasteiger partial charge in [0, 0.05) is 16.6 Å². The molecule has 0 aliphatic rings. The second-order valence-corrected chi connectivity index (χ2v) is 9.40. The van der Waals surface area contributed by atoms with Crippen LogP contribution in [0.2, 0.25) is 0 Å². The predicted molar refractivity (Wildman–Crippen MR) is 136 cm³/mol. The fraction of sp³-hybridized carbons (Fsp3) is 0.250. The summed E-state index contributed by atoms with van der Waals surface area (Å²) in [6, 6.07) is 11.3. The lowest BCUT2D eigenvalue weighted by Crippen LogP contribution is -2.25. The number of aromatic nitrogens is 3. The van der Waals surface area contributed by atoms with Crippen molar-refractivity contribution in [3.05, 3.63) is 81.6 Å². The molecule has 0 bridgehead atoms. The second-order valence-electron chi connectivity index (χ2n) is 7.60. The summed E-state index contributed by atoms with van der Waals surface area (Å²) in [5, 5.41) is 14.8. The molecule has 1 aromatic heterocycles. The number of nitrogens with one attached hydrogen (secondary N) is 2. The average molecular weight is 528 g/mol. The van der Waals surface area contributed by atoms with Gasteiger partial charge in [0.05, 0.1) is 18.0 Å². The van der Waals surface area contributed by atoms with Gasteiger partial charge >= 0.3 is 0 Å². The fourth-order valence-corrected chi connectivity index (χ4v) is 4.43. The number of anilines is 1. The highest BCUT2D eigenvalue weighted by atomic mass is 79.9. The van der Waals surface area contributed by atoms with Crippen molar-refractivity contribution in [1.82, 2.24) is 20.1 Å². The van der Waals surface area contributed by atoms with Gasteiger partial charge in [0.1, 0.15) is 0 Å². The summed E-state index contributed by atoms with van der Waals surface area (Å²) in [5.74, 6) is 0.436. The summed E-state index contributed by atoms with van der Waals surface area (Å²) in [6.45, 7) is 10.4. The Labute approximate surface area is 206 Å². The molecule has 0 aliphatic heterocycles. The van der Waals surface area contributed by atoms with Crippen molar-refractivity contribution in [3.63, 3.8) is 0 Å². The van der Waals surface area contributed by atoms with Gasteiger partial charge in [0.2, 0.25) is 5.91 Å². The van der Waals surface area contributed by atoms with Crippen LogP contribution >= 0.6 is 27.7 Å². The van der Waals surface area contributed by atoms with E-state index in [4.69, 9.17) is 0 Å². The molecule has 2 N–H and O–H groups in total. The molecule has 2 amide bonds. The summed E-state index contributed by atoms with van der Waals surface area (Å²) in [5.41, 5.74) is 4.59. The van der Waals surface area contributed by atoms with E-state index in [1.165, 1.54) is 11.8 Å². The molecule has 0 saturated carbocycles. The van der Waals surface area contributed by atoms with Crippen LogP contribution in [0.3, 0.4) is 0 Å². The lowest BCUT2D eigenvalue weighted by atomic mass is 10.1. The van der Waals surface area contributed by atoms with E-state index < -0.39 is 0 Å². The van der Waals surface area contributed by atoms with Crippen LogP contribution in [0.25, 0.3) is 0 Å². The van der Waals surface area contributed by atoms with E-state index in [1.54, 1.807) is 12.1 Å². The number of hydrogen-bond donors (Lipinski definition) is 2. The first-order valence-electron chi connectivity index (χ1n) is 10.4. The van der Waals surface area contributed by atoms with Gasteiger partial charge in [-0.1, -0.05) is 35.5 Å². The van der Waals surface area contributed by atoms with Crippen LogP contribution in [0, 0.1) is 20.8 Å². The highest BCUT2D eigenvalue weighted by molar-refractivity contribution is 9.10. The number of hydrogen-bond acceptors (Lipinski definition) is 5. The van der Waals surface area contributed by atoms with Gasteiger partial charge in [-0.3, -0.25) is 9.59 Å². The molecule has 33 heavy (non-hydrogen) atoms. The lowest BCUT2D eigenvalue weighted by Gasteiger charge is -2.11. The minimum Gasteiger partial charge on any atom is -0.345 e. The van der Waals surface area contributed by atoms with Crippen molar-refractivity contribution in [2.45, 2.75) is 39.0 Å². The molecular formula is C24H26BrN5O2S. The summed E-state index contributed by atoms with van der Waals surface area (Å²) in [7, 11) is 0. The zero-order valence-corrected chi connectivity index (χ0v) is 21.2. The largest absolute Gasteiger partial charge is 0.345 e. The minimum atomic E-state index is -0.181. The number of aryl methyl sites for hydroxylation is 3. The Balaban J connectivity index is 1.63. The third kappa shape index (κ3) is 6.55. The molecule has 9 heteroatoms. The van der Waals surface area contributed by atoms with Crippen LogP contribution in [-0.4, -0.2) is 32.3 Å². The maximum absolute atomic E-state index is 12.5. The summed E-state index contributed by atoms with van der Waals surface area (Å²) < 4.78 is 2.68. The van der Waals surface area contributed by atoms with Crippen LogP contribution in [0.4, 0.5) is 5.69 Å². The number of carbonyl (C=O) groups is 2. The van der Waals surface area contributed by atoms with Gasteiger partial charge in [0.25, 0.3) is 5.91 Å². The second kappa shape index (κ2) is 11.3. The highest BCUT2D eigenvalue weighted by Crippen LogP contribution is 2.26. The van der Waals surface area contributed by atoms with Crippen molar-refractivity contribution < 1.29 is 9.59 Å². The third-order valence-electron chi connectivity index (χ3n) is 4.98. The Morgan fingerprint density at radius 1 is 1.15 bits per heavy atom. The smallest absolute Gasteiger partial charge is 0.251 e. The van der Waals surface area contributed by atoms with Crippen molar-refractivity contribution in [2.75, 3.05) is 11.1 Å². The van der Waals surface area contributed by atoms with E-state index in [9.17, 15) is 9.59 Å². The van der Waals surface area contributed by atoms with Crippen molar-refractivity contribution in [1.29, 1.82) is 0 Å². The number of allylic oxidation sites excluding steroid dienone is 1. The zero-order valence-electron chi connectivity index (χ0n) is 18.8. The quantitative estimate of drug-likeness (QED) is 0.307. The predicted octanol–water partition coefficient (Wildman–Crippen LogP) is 4.81. The summed E-state index contributed by atoms with van der Waals surface area (Å²) >= 11 is 4.78. The standard InChI is InChI=1S/C24H26BrN5O2S/c1-5-9-30-21(13-26-23(32)18-8-6-7-15(2)10-18)28-29-24(30)33-14-22(31)27-20-12-17(4)16(3)11-19(20)25/h5-8,10-12H,1,9,13-14H2,2-4H3,(H,26,32)(H,27,31). The number of amides is 2. The summed E-state index contributed by atoms with van der Waals surface area (Å²) in [6.07, 6.45) is 1.73. The molecule has 0 saturated heterocycles. The first-order chi connectivity index (χ1) is 15.8. The van der Waals surface area contributed by atoms with Crippen molar-refractivity contribution in [3.8, 4) is 0 Å². The molecule has 2 aromatic carbocycles. The number of halogens is 1. The van der Waals surface area contributed by atoms with E-state index in [-0.39, 0.29) is 24.1 Å². The number of carbonyl (C=O) groups excluding carboxylic acids is 2. The molecule has 0 fully saturated rings. The van der Waals surface area contributed by atoms with E-state index in [2.05, 4.69) is 43.3 Å². The first kappa shape index (κ1) is 24.7. The molecule has 7 nitrogen and oxygen atoms in total. The number of rotatable bonds is 9. The lowest BCUT2D eigenvalue weighted by molar-refractivity contribution is -0.113. The number of thioether (sulfide) groups is 1. The maximum atomic E-state index is 12.5. The Kier molecular flexibility index (Phi) is 8.46. The Morgan fingerprint density at radius 3 is 2.64 bits per heavy atom. The molecule has 0 unspecified atom stereocenters. The molecule has 3 rings (SSSR count). The van der Waals surface area contributed by atoms with Gasteiger partial charge in [-0.05, 0) is 72.1 Å². The Bertz CT molecular complexity index is 1190. The van der Waals surface area contributed by atoms with Crippen LogP contribution in [0.1, 0.15) is 32.9 Å². The van der Waals surface area contributed by atoms with Crippen LogP contribution in [0.5, 0.6) is 0 Å². The van der Waals surface area contributed by atoms with Crippen molar-refractivity contribution >= 4 is 45.2 Å². The monoisotopic (exact) mass is 527 g/mol. The van der Waals surface area contributed by atoms with Crippen molar-refractivity contribution in [2.24, 2.45) is 0 Å². The van der Waals surface area contributed by atoms with E-state index in [1.807, 2.05) is 55.7 Å².